The molecule has 0 aliphatic rings. The van der Waals surface area contributed by atoms with E-state index in [0.29, 0.717) is 27.3 Å². The Bertz CT molecular complexity index is 630. The number of nitrogens with zero attached hydrogens (tertiary/aromatic N) is 2. The van der Waals surface area contributed by atoms with E-state index in [-0.39, 0.29) is 0 Å². The molecule has 0 amide bonds. The topological polar surface area (TPSA) is 67.2 Å². The lowest BCUT2D eigenvalue weighted by Crippen LogP contribution is -2.20. The van der Waals surface area contributed by atoms with Crippen molar-refractivity contribution < 1.29 is 9.90 Å². The molecule has 2 aromatic rings. The molecule has 20 heavy (non-hydrogen) atoms. The van der Waals surface area contributed by atoms with Crippen LogP contribution in [0, 0.1) is 0 Å². The minimum Gasteiger partial charge on any atom is -0.479 e. The number of hydrogen-bond donors (Lipinski definition) is 2. The predicted octanol–water partition coefficient (Wildman–Crippen LogP) is 3.56. The van der Waals surface area contributed by atoms with Gasteiger partial charge in [-0.25, -0.2) is 4.79 Å². The van der Waals surface area contributed by atoms with E-state index in [9.17, 15) is 9.90 Å². The Morgan fingerprint density at radius 3 is 2.90 bits per heavy atom. The van der Waals surface area contributed by atoms with E-state index in [1.807, 2.05) is 6.92 Å². The summed E-state index contributed by atoms with van der Waals surface area (Å²) in [6.45, 7) is 2.63. The number of hydrogen-bond acceptors (Lipinski definition) is 3. The number of carbonyl (C=O) groups is 1. The smallest absolute Gasteiger partial charge is 0.330 e. The largest absolute Gasteiger partial charge is 0.479 e. The van der Waals surface area contributed by atoms with Crippen LogP contribution >= 0.6 is 27.5 Å². The maximum absolute atomic E-state index is 11.4. The van der Waals surface area contributed by atoms with Gasteiger partial charge in [-0.05, 0) is 41.1 Å². The normalized spacial score (nSPS) is 12.2. The molecule has 1 atom stereocenters. The molecule has 0 bridgehead atoms. The number of rotatable bonds is 5. The highest BCUT2D eigenvalue weighted by molar-refractivity contribution is 9.10. The molecule has 5 nitrogen and oxygen atoms in total. The molecule has 0 aliphatic heterocycles. The summed E-state index contributed by atoms with van der Waals surface area (Å²) in [6.07, 6.45) is 3.27. The Morgan fingerprint density at radius 2 is 2.35 bits per heavy atom. The molecule has 1 aromatic heterocycles. The first-order valence-corrected chi connectivity index (χ1v) is 7.15. The lowest BCUT2D eigenvalue weighted by atomic mass is 10.1. The number of benzene rings is 1. The quantitative estimate of drug-likeness (QED) is 0.857. The van der Waals surface area contributed by atoms with Crippen LogP contribution < -0.4 is 5.32 Å². The molecule has 2 N–H and O–H groups in total. The van der Waals surface area contributed by atoms with E-state index in [1.54, 1.807) is 35.3 Å². The molecule has 0 fully saturated rings. The van der Waals surface area contributed by atoms with Crippen molar-refractivity contribution >= 4 is 39.2 Å². The molecule has 0 aliphatic carbocycles. The van der Waals surface area contributed by atoms with Gasteiger partial charge in [0.2, 0.25) is 0 Å². The van der Waals surface area contributed by atoms with E-state index < -0.39 is 12.0 Å². The van der Waals surface area contributed by atoms with Gasteiger partial charge >= 0.3 is 5.97 Å². The van der Waals surface area contributed by atoms with Crippen LogP contribution in [0.2, 0.25) is 5.02 Å². The van der Waals surface area contributed by atoms with Gasteiger partial charge < -0.3 is 10.4 Å². The van der Waals surface area contributed by atoms with Gasteiger partial charge in [0.05, 0.1) is 11.2 Å². The van der Waals surface area contributed by atoms with Gasteiger partial charge in [0, 0.05) is 28.5 Å². The Hall–Kier alpha value is -1.53. The van der Waals surface area contributed by atoms with Crippen molar-refractivity contribution in [3.05, 3.63) is 45.7 Å². The van der Waals surface area contributed by atoms with E-state index in [1.165, 1.54) is 0 Å². The molecule has 1 unspecified atom stereocenters. The second-order valence-electron chi connectivity index (χ2n) is 4.17. The third kappa shape index (κ3) is 3.32. The zero-order chi connectivity index (χ0) is 14.7. The third-order valence-electron chi connectivity index (χ3n) is 2.79. The summed E-state index contributed by atoms with van der Waals surface area (Å²) in [7, 11) is 0. The van der Waals surface area contributed by atoms with Crippen LogP contribution in [0.3, 0.4) is 0 Å². The van der Waals surface area contributed by atoms with Crippen molar-refractivity contribution in [2.24, 2.45) is 0 Å². The van der Waals surface area contributed by atoms with Gasteiger partial charge in [0.1, 0.15) is 0 Å². The summed E-state index contributed by atoms with van der Waals surface area (Å²) in [5.41, 5.74) is 1.27. The average molecular weight is 359 g/mol. The fraction of sp³-hybridized carbons (Fsp3) is 0.231. The molecule has 0 saturated heterocycles. The van der Waals surface area contributed by atoms with Crippen LogP contribution in [0.15, 0.2) is 35.1 Å². The molecule has 0 radical (unpaired) electrons. The predicted molar refractivity (Wildman–Crippen MR) is 81.1 cm³/mol. The van der Waals surface area contributed by atoms with Gasteiger partial charge in [-0.3, -0.25) is 4.68 Å². The zero-order valence-electron chi connectivity index (χ0n) is 10.7. The first kappa shape index (κ1) is 14.9. The second-order valence-corrected chi connectivity index (χ2v) is 5.44. The minimum absolute atomic E-state index is 0.571. The highest BCUT2D eigenvalue weighted by Gasteiger charge is 2.21. The van der Waals surface area contributed by atoms with Crippen LogP contribution in [0.4, 0.5) is 5.69 Å². The number of nitrogens with one attached hydrogen (secondary N) is 1. The van der Waals surface area contributed by atoms with Gasteiger partial charge in [0.25, 0.3) is 0 Å². The molecule has 0 saturated carbocycles. The maximum Gasteiger partial charge on any atom is 0.330 e. The highest BCUT2D eigenvalue weighted by atomic mass is 79.9. The monoisotopic (exact) mass is 357 g/mol. The molecule has 1 heterocycles. The van der Waals surface area contributed by atoms with Crippen molar-refractivity contribution in [1.82, 2.24) is 9.78 Å². The van der Waals surface area contributed by atoms with E-state index >= 15 is 0 Å². The molecular formula is C13H13BrClN3O2. The second kappa shape index (κ2) is 6.28. The standard InChI is InChI=1S/C13H13BrClN3O2/c1-2-18-7-8(6-16-18)12(13(19)20)17-9-3-4-11(15)10(14)5-9/h3-7,12,17H,2H2,1H3,(H,19,20). The molecule has 0 spiro atoms. The summed E-state index contributed by atoms with van der Waals surface area (Å²) >= 11 is 9.22. The van der Waals surface area contributed by atoms with Crippen LogP contribution in [0.1, 0.15) is 18.5 Å². The van der Waals surface area contributed by atoms with Crippen molar-refractivity contribution in [3.8, 4) is 0 Å². The number of halogens is 2. The van der Waals surface area contributed by atoms with Crippen LogP contribution in [-0.2, 0) is 11.3 Å². The van der Waals surface area contributed by atoms with Crippen molar-refractivity contribution in [2.45, 2.75) is 19.5 Å². The van der Waals surface area contributed by atoms with Crippen molar-refractivity contribution in [2.75, 3.05) is 5.32 Å². The maximum atomic E-state index is 11.4. The fourth-order valence-electron chi connectivity index (χ4n) is 1.74. The Morgan fingerprint density at radius 1 is 1.60 bits per heavy atom. The van der Waals surface area contributed by atoms with Crippen molar-refractivity contribution in [1.29, 1.82) is 0 Å². The summed E-state index contributed by atoms with van der Waals surface area (Å²) in [6, 6.07) is 4.31. The first-order valence-electron chi connectivity index (χ1n) is 5.98. The minimum atomic E-state index is -0.966. The third-order valence-corrected chi connectivity index (χ3v) is 4.00. The van der Waals surface area contributed by atoms with Crippen LogP contribution in [0.5, 0.6) is 0 Å². The molecule has 106 valence electrons. The number of aliphatic carboxylic acids is 1. The molecular weight excluding hydrogens is 346 g/mol. The molecule has 7 heteroatoms. The zero-order valence-corrected chi connectivity index (χ0v) is 13.0. The summed E-state index contributed by atoms with van der Waals surface area (Å²) in [4.78, 5) is 11.4. The Balaban J connectivity index is 2.25. The SMILES string of the molecule is CCn1cc(C(Nc2ccc(Cl)c(Br)c2)C(=O)O)cn1. The Labute approximate surface area is 129 Å². The number of anilines is 1. The number of carboxylic acids is 1. The number of carboxylic acid groups (broad SMARTS) is 1. The van der Waals surface area contributed by atoms with Gasteiger partial charge in [-0.15, -0.1) is 0 Å². The summed E-state index contributed by atoms with van der Waals surface area (Å²) in [5, 5.41) is 17.0. The lowest BCUT2D eigenvalue weighted by Gasteiger charge is -2.14. The Kier molecular flexibility index (Phi) is 4.67. The molecule has 2 rings (SSSR count). The molecule has 1 aromatic carbocycles. The van der Waals surface area contributed by atoms with Crippen LogP contribution in [0.25, 0.3) is 0 Å². The fourth-order valence-corrected chi connectivity index (χ4v) is 2.24. The average Bonchev–Trinajstić information content (AvgIpc) is 2.88. The van der Waals surface area contributed by atoms with E-state index in [4.69, 9.17) is 11.6 Å². The van der Waals surface area contributed by atoms with Crippen molar-refractivity contribution in [3.63, 3.8) is 0 Å². The summed E-state index contributed by atoms with van der Waals surface area (Å²) in [5.74, 6) is -0.966. The van der Waals surface area contributed by atoms with Crippen LogP contribution in [-0.4, -0.2) is 20.9 Å². The van der Waals surface area contributed by atoms with Gasteiger partial charge in [0.15, 0.2) is 6.04 Å². The number of aromatic nitrogens is 2. The van der Waals surface area contributed by atoms with Gasteiger partial charge in [-0.2, -0.15) is 5.10 Å². The first-order chi connectivity index (χ1) is 9.51. The van der Waals surface area contributed by atoms with E-state index in [2.05, 4.69) is 26.3 Å². The van der Waals surface area contributed by atoms with Gasteiger partial charge in [-0.1, -0.05) is 11.6 Å². The summed E-state index contributed by atoms with van der Waals surface area (Å²) < 4.78 is 2.39. The number of aryl methyl sites for hydroxylation is 1. The lowest BCUT2D eigenvalue weighted by molar-refractivity contribution is -0.138. The van der Waals surface area contributed by atoms with E-state index in [0.717, 1.165) is 0 Å². The highest BCUT2D eigenvalue weighted by Crippen LogP contribution is 2.28.